The van der Waals surface area contributed by atoms with Gasteiger partial charge >= 0.3 is 0 Å². The molecular weight excluding hydrogens is 304 g/mol. The van der Waals surface area contributed by atoms with Gasteiger partial charge in [-0.1, -0.05) is 0 Å². The average Bonchev–Trinajstić information content (AvgIpc) is 3.09. The first-order valence-electron chi connectivity index (χ1n) is 7.22. The molecule has 0 unspecified atom stereocenters. The topological polar surface area (TPSA) is 104 Å². The van der Waals surface area contributed by atoms with Crippen molar-refractivity contribution in [1.29, 1.82) is 5.26 Å². The Labute approximate surface area is 139 Å². The van der Waals surface area contributed by atoms with Gasteiger partial charge in [-0.25, -0.2) is 9.97 Å². The van der Waals surface area contributed by atoms with Crippen LogP contribution in [0.25, 0.3) is 11.3 Å². The molecule has 3 rings (SSSR count). The third-order valence-electron chi connectivity index (χ3n) is 3.44. The van der Waals surface area contributed by atoms with Gasteiger partial charge in [0, 0.05) is 31.4 Å². The lowest BCUT2D eigenvalue weighted by molar-refractivity contribution is 0.572. The molecule has 0 radical (unpaired) electrons. The van der Waals surface area contributed by atoms with Crippen LogP contribution in [-0.2, 0) is 0 Å². The minimum atomic E-state index is 0.367. The number of nitrogen functional groups attached to an aromatic ring is 1. The van der Waals surface area contributed by atoms with Gasteiger partial charge in [-0.15, -0.1) is 0 Å². The summed E-state index contributed by atoms with van der Waals surface area (Å²) in [6, 6.07) is 11.4. The second kappa shape index (κ2) is 6.30. The molecule has 120 valence electrons. The largest absolute Gasteiger partial charge is 0.444 e. The van der Waals surface area contributed by atoms with Crippen LogP contribution in [0.15, 0.2) is 47.3 Å². The molecule has 7 nitrogen and oxygen atoms in total. The molecule has 0 saturated carbocycles. The molecule has 1 aromatic carbocycles. The number of nitrogens with two attached hydrogens (primary N) is 1. The van der Waals surface area contributed by atoms with Gasteiger partial charge in [-0.05, 0) is 24.3 Å². The molecule has 2 aromatic heterocycles. The Bertz CT molecular complexity index is 879. The van der Waals surface area contributed by atoms with E-state index in [1.54, 1.807) is 17.2 Å². The quantitative estimate of drug-likeness (QED) is 0.761. The second-order valence-electron chi connectivity index (χ2n) is 5.37. The number of pyridine rings is 1. The fourth-order valence-electron chi connectivity index (χ4n) is 2.28. The molecule has 0 aliphatic carbocycles. The Morgan fingerprint density at radius 3 is 2.58 bits per heavy atom. The van der Waals surface area contributed by atoms with Crippen LogP contribution in [0.3, 0.4) is 0 Å². The van der Waals surface area contributed by atoms with Gasteiger partial charge in [0.1, 0.15) is 17.5 Å². The number of rotatable bonds is 4. The molecule has 0 fully saturated rings. The smallest absolute Gasteiger partial charge is 0.181 e. The van der Waals surface area contributed by atoms with Crippen LogP contribution < -0.4 is 16.0 Å². The van der Waals surface area contributed by atoms with Gasteiger partial charge in [-0.2, -0.15) is 5.26 Å². The van der Waals surface area contributed by atoms with E-state index in [4.69, 9.17) is 10.2 Å². The molecule has 0 aliphatic heterocycles. The zero-order chi connectivity index (χ0) is 17.1. The van der Waals surface area contributed by atoms with Crippen LogP contribution in [-0.4, -0.2) is 24.1 Å². The maximum Gasteiger partial charge on any atom is 0.181 e. The predicted octanol–water partition coefficient (Wildman–Crippen LogP) is 3.00. The van der Waals surface area contributed by atoms with E-state index in [2.05, 4.69) is 21.4 Å². The summed E-state index contributed by atoms with van der Waals surface area (Å²) in [7, 11) is 3.64. The highest BCUT2D eigenvalue weighted by Gasteiger charge is 2.12. The van der Waals surface area contributed by atoms with Crippen molar-refractivity contribution in [3.05, 3.63) is 48.5 Å². The lowest BCUT2D eigenvalue weighted by Crippen LogP contribution is -2.14. The number of nitrogens with zero attached hydrogens (tertiary/aromatic N) is 4. The molecule has 3 N–H and O–H groups in total. The Morgan fingerprint density at radius 1 is 1.25 bits per heavy atom. The van der Waals surface area contributed by atoms with Crippen LogP contribution in [0, 0.1) is 11.3 Å². The van der Waals surface area contributed by atoms with E-state index < -0.39 is 0 Å². The lowest BCUT2D eigenvalue weighted by Gasteiger charge is -2.16. The van der Waals surface area contributed by atoms with Gasteiger partial charge in [-0.3, -0.25) is 0 Å². The SMILES string of the molecule is CN(C)c1nc(Nc2ccc(-c3cnco3)cc2)cc(N)c1C#N. The summed E-state index contributed by atoms with van der Waals surface area (Å²) in [5, 5.41) is 12.4. The average molecular weight is 320 g/mol. The van der Waals surface area contributed by atoms with Gasteiger partial charge < -0.3 is 20.4 Å². The van der Waals surface area contributed by atoms with Crippen LogP contribution in [0.4, 0.5) is 23.0 Å². The van der Waals surface area contributed by atoms with Gasteiger partial charge in [0.2, 0.25) is 0 Å². The highest BCUT2D eigenvalue weighted by atomic mass is 16.3. The summed E-state index contributed by atoms with van der Waals surface area (Å²) in [5.74, 6) is 1.80. The number of hydrogen-bond donors (Lipinski definition) is 2. The van der Waals surface area contributed by atoms with Crippen molar-refractivity contribution in [2.45, 2.75) is 0 Å². The number of aromatic nitrogens is 2. The maximum absolute atomic E-state index is 9.22. The highest BCUT2D eigenvalue weighted by molar-refractivity contribution is 5.73. The molecule has 7 heteroatoms. The second-order valence-corrected chi connectivity index (χ2v) is 5.37. The summed E-state index contributed by atoms with van der Waals surface area (Å²) < 4.78 is 5.26. The molecule has 3 aromatic rings. The Morgan fingerprint density at radius 2 is 2.00 bits per heavy atom. The van der Waals surface area contributed by atoms with Crippen LogP contribution in [0.1, 0.15) is 5.56 Å². The van der Waals surface area contributed by atoms with Crippen LogP contribution in [0.5, 0.6) is 0 Å². The van der Waals surface area contributed by atoms with Crippen molar-refractivity contribution >= 4 is 23.0 Å². The molecule has 0 atom stereocenters. The highest BCUT2D eigenvalue weighted by Crippen LogP contribution is 2.27. The van der Waals surface area contributed by atoms with Crippen molar-refractivity contribution in [2.75, 3.05) is 30.0 Å². The Kier molecular flexibility index (Phi) is 4.03. The first kappa shape index (κ1) is 15.4. The summed E-state index contributed by atoms with van der Waals surface area (Å²) in [5.41, 5.74) is 8.49. The van der Waals surface area contributed by atoms with Crippen molar-refractivity contribution in [2.24, 2.45) is 0 Å². The zero-order valence-electron chi connectivity index (χ0n) is 13.3. The van der Waals surface area contributed by atoms with E-state index in [1.807, 2.05) is 38.4 Å². The summed E-state index contributed by atoms with van der Waals surface area (Å²) in [4.78, 5) is 10.1. The summed E-state index contributed by atoms with van der Waals surface area (Å²) >= 11 is 0. The van der Waals surface area contributed by atoms with E-state index in [0.29, 0.717) is 28.6 Å². The third-order valence-corrected chi connectivity index (χ3v) is 3.44. The van der Waals surface area contributed by atoms with Gasteiger partial charge in [0.05, 0.1) is 11.9 Å². The van der Waals surface area contributed by atoms with Crippen molar-refractivity contribution in [3.8, 4) is 17.4 Å². The first-order valence-corrected chi connectivity index (χ1v) is 7.22. The fraction of sp³-hybridized carbons (Fsp3) is 0.118. The molecule has 2 heterocycles. The van der Waals surface area contributed by atoms with E-state index in [-0.39, 0.29) is 0 Å². The minimum absolute atomic E-state index is 0.367. The number of benzene rings is 1. The fourth-order valence-corrected chi connectivity index (χ4v) is 2.28. The van der Waals surface area contributed by atoms with E-state index in [1.165, 1.54) is 6.39 Å². The summed E-state index contributed by atoms with van der Waals surface area (Å²) in [6.07, 6.45) is 3.06. The molecule has 0 spiro atoms. The van der Waals surface area contributed by atoms with E-state index in [9.17, 15) is 5.26 Å². The molecule has 0 bridgehead atoms. The van der Waals surface area contributed by atoms with Crippen LogP contribution in [0.2, 0.25) is 0 Å². The Balaban J connectivity index is 1.87. The third kappa shape index (κ3) is 2.98. The normalized spacial score (nSPS) is 10.2. The van der Waals surface area contributed by atoms with E-state index in [0.717, 1.165) is 11.3 Å². The number of anilines is 4. The zero-order valence-corrected chi connectivity index (χ0v) is 13.3. The predicted molar refractivity (Wildman–Crippen MR) is 92.9 cm³/mol. The standard InChI is InChI=1S/C17H16N6O/c1-23(2)17-13(8-18)14(19)7-16(22-17)21-12-5-3-11(4-6-12)15-9-20-10-24-15/h3-7,9-10H,1-2H3,(H3,19,21,22). The molecule has 0 amide bonds. The molecule has 0 aliphatic rings. The Hall–Kier alpha value is -3.53. The number of nitriles is 1. The number of hydrogen-bond acceptors (Lipinski definition) is 7. The van der Waals surface area contributed by atoms with Crippen molar-refractivity contribution in [1.82, 2.24) is 9.97 Å². The van der Waals surface area contributed by atoms with Crippen LogP contribution >= 0.6 is 0 Å². The lowest BCUT2D eigenvalue weighted by atomic mass is 10.1. The van der Waals surface area contributed by atoms with Crippen molar-refractivity contribution < 1.29 is 4.42 Å². The monoisotopic (exact) mass is 320 g/mol. The number of oxazole rings is 1. The maximum atomic E-state index is 9.22. The summed E-state index contributed by atoms with van der Waals surface area (Å²) in [6.45, 7) is 0. The van der Waals surface area contributed by atoms with Gasteiger partial charge in [0.15, 0.2) is 18.0 Å². The minimum Gasteiger partial charge on any atom is -0.444 e. The number of nitrogens with one attached hydrogen (secondary N) is 1. The van der Waals surface area contributed by atoms with Gasteiger partial charge in [0.25, 0.3) is 0 Å². The molecule has 24 heavy (non-hydrogen) atoms. The molecular formula is C17H16N6O. The van der Waals surface area contributed by atoms with E-state index >= 15 is 0 Å². The van der Waals surface area contributed by atoms with Crippen molar-refractivity contribution in [3.63, 3.8) is 0 Å². The molecule has 0 saturated heterocycles. The first-order chi connectivity index (χ1) is 11.6.